The first kappa shape index (κ1) is 23.6. The van der Waals surface area contributed by atoms with Gasteiger partial charge in [-0.05, 0) is 39.9 Å². The Labute approximate surface area is 291 Å². The van der Waals surface area contributed by atoms with E-state index in [-0.39, 0.29) is 17.6 Å². The van der Waals surface area contributed by atoms with E-state index in [4.69, 9.17) is 26.2 Å². The van der Waals surface area contributed by atoms with Gasteiger partial charge in [0.1, 0.15) is 11.2 Å². The van der Waals surface area contributed by atoms with E-state index in [0.717, 1.165) is 38.8 Å². The molecule has 0 bridgehead atoms. The Kier molecular flexibility index (Phi) is 5.87. The summed E-state index contributed by atoms with van der Waals surface area (Å²) >= 11 is 0. The van der Waals surface area contributed by atoms with Gasteiger partial charge >= 0.3 is 0 Å². The fourth-order valence-electron chi connectivity index (χ4n) is 6.28. The number of benzene rings is 7. The first-order valence-electron chi connectivity index (χ1n) is 18.5. The maximum absolute atomic E-state index is 8.66. The lowest BCUT2D eigenvalue weighted by atomic mass is 10.00. The summed E-state index contributed by atoms with van der Waals surface area (Å²) in [6, 6.07) is 45.9. The van der Waals surface area contributed by atoms with Gasteiger partial charge in [-0.3, -0.25) is 0 Å². The minimum atomic E-state index is -0.446. The first-order chi connectivity index (χ1) is 26.4. The van der Waals surface area contributed by atoms with Crippen LogP contribution in [-0.2, 0) is 0 Å². The van der Waals surface area contributed by atoms with Crippen LogP contribution in [0, 0.1) is 0 Å². The van der Waals surface area contributed by atoms with Gasteiger partial charge in [0.2, 0.25) is 0 Å². The van der Waals surface area contributed by atoms with Gasteiger partial charge < -0.3 is 4.42 Å². The molecule has 0 saturated heterocycles. The maximum atomic E-state index is 8.66. The summed E-state index contributed by atoms with van der Waals surface area (Å²) in [5.74, 6) is 1.45. The molecule has 0 aliphatic heterocycles. The highest BCUT2D eigenvalue weighted by Crippen LogP contribution is 2.40. The van der Waals surface area contributed by atoms with E-state index >= 15 is 0 Å². The van der Waals surface area contributed by atoms with Crippen LogP contribution in [0.4, 0.5) is 0 Å². The lowest BCUT2D eigenvalue weighted by molar-refractivity contribution is 0.670. The summed E-state index contributed by atoms with van der Waals surface area (Å²) < 4.78 is 48.5. The number of nitrogens with zero attached hydrogens (tertiary/aromatic N) is 3. The monoisotopic (exact) mass is 632 g/mol. The Morgan fingerprint density at radius 2 is 0.959 bits per heavy atom. The molecule has 0 atom stereocenters. The highest BCUT2D eigenvalue weighted by molar-refractivity contribution is 6.15. The van der Waals surface area contributed by atoms with Crippen LogP contribution in [0.1, 0.15) is 6.85 Å². The van der Waals surface area contributed by atoms with Crippen LogP contribution in [0.5, 0.6) is 0 Å². The molecule has 0 unspecified atom stereocenters. The Balaban J connectivity index is 1.25. The molecule has 9 aromatic rings. The highest BCUT2D eigenvalue weighted by Gasteiger charge is 2.19. The van der Waals surface area contributed by atoms with E-state index in [2.05, 4.69) is 48.5 Å². The number of furan rings is 1. The molecule has 230 valence electrons. The molecule has 49 heavy (non-hydrogen) atoms. The normalized spacial score (nSPS) is 12.7. The van der Waals surface area contributed by atoms with Crippen molar-refractivity contribution in [2.24, 2.45) is 0 Å². The second kappa shape index (κ2) is 12.2. The van der Waals surface area contributed by atoms with Crippen molar-refractivity contribution in [2.75, 3.05) is 0 Å². The quantitative estimate of drug-likeness (QED) is 0.183. The molecule has 0 fully saturated rings. The van der Waals surface area contributed by atoms with E-state index in [1.54, 1.807) is 12.1 Å². The molecular formula is C45H29N3O. The molecule has 0 radical (unpaired) electrons. The summed E-state index contributed by atoms with van der Waals surface area (Å²) in [7, 11) is 0. The van der Waals surface area contributed by atoms with Crippen molar-refractivity contribution in [3.63, 3.8) is 0 Å². The van der Waals surface area contributed by atoms with E-state index in [1.165, 1.54) is 0 Å². The topological polar surface area (TPSA) is 51.8 Å². The summed E-state index contributed by atoms with van der Waals surface area (Å²) in [6.45, 7) is 0. The zero-order valence-corrected chi connectivity index (χ0v) is 26.1. The molecule has 4 nitrogen and oxygen atoms in total. The van der Waals surface area contributed by atoms with Gasteiger partial charge in [-0.1, -0.05) is 164 Å². The number of hydrogen-bond acceptors (Lipinski definition) is 4. The summed E-state index contributed by atoms with van der Waals surface area (Å²) in [6.07, 6.45) is 0. The van der Waals surface area contributed by atoms with Crippen LogP contribution in [0.25, 0.3) is 89.5 Å². The minimum absolute atomic E-state index is 0.0780. The van der Waals surface area contributed by atoms with E-state index in [1.807, 2.05) is 84.9 Å². The Hall–Kier alpha value is -6.65. The molecule has 0 N–H and O–H groups in total. The molecular weight excluding hydrogens is 599 g/mol. The molecule has 2 heterocycles. The van der Waals surface area contributed by atoms with Crippen LogP contribution in [0.3, 0.4) is 0 Å². The molecule has 9 rings (SSSR count). The van der Waals surface area contributed by atoms with Gasteiger partial charge in [-0.25, -0.2) is 15.0 Å². The van der Waals surface area contributed by atoms with Gasteiger partial charge in [0.05, 0.1) is 6.85 Å². The van der Waals surface area contributed by atoms with Gasteiger partial charge in [0.15, 0.2) is 17.5 Å². The Bertz CT molecular complexity index is 2850. The van der Waals surface area contributed by atoms with Crippen LogP contribution < -0.4 is 0 Å². The second-order valence-corrected chi connectivity index (χ2v) is 11.7. The van der Waals surface area contributed by atoms with Gasteiger partial charge in [0.25, 0.3) is 0 Å². The van der Waals surface area contributed by atoms with Gasteiger partial charge in [0, 0.05) is 33.0 Å². The van der Waals surface area contributed by atoms with Gasteiger partial charge in [-0.2, -0.15) is 0 Å². The highest BCUT2D eigenvalue weighted by atomic mass is 16.3. The minimum Gasteiger partial charge on any atom is -0.455 e. The van der Waals surface area contributed by atoms with Crippen molar-refractivity contribution in [3.8, 4) is 67.5 Å². The summed E-state index contributed by atoms with van der Waals surface area (Å²) in [5.41, 5.74) is 8.09. The number of fused-ring (bicyclic) bond motifs is 3. The smallest absolute Gasteiger partial charge is 0.164 e. The molecule has 0 spiro atoms. The number of aromatic nitrogens is 3. The Morgan fingerprint density at radius 1 is 0.408 bits per heavy atom. The second-order valence-electron chi connectivity index (χ2n) is 11.7. The Morgan fingerprint density at radius 3 is 1.71 bits per heavy atom. The molecule has 0 saturated carbocycles. The van der Waals surface area contributed by atoms with E-state index < -0.39 is 18.1 Å². The standard InChI is InChI=1S/C45H29N3O/c1-4-13-30(14-5-1)32-25-27-34(28-26-32)43-46-44(36-20-10-19-35(29-36)31-15-6-2-7-16-31)48-45(47-43)39-23-12-24-40-41(39)38-22-11-21-37(42(38)49-40)33-17-8-3-9-18-33/h1-29H/i3D,8D,9D,17D,18D. The SMILES string of the molecule is [2H]c1c([2H])c([2H])c(-c2cccc3c2oc2cccc(-c4nc(-c5ccc(-c6ccccc6)cc5)nc(-c5cccc(-c6ccccc6)c5)n4)c23)c([2H])c1[2H]. The molecule has 0 amide bonds. The molecule has 0 aliphatic rings. The van der Waals surface area contributed by atoms with Crippen molar-refractivity contribution in [2.45, 2.75) is 0 Å². The number of para-hydroxylation sites is 1. The first-order valence-corrected chi connectivity index (χ1v) is 16.0. The van der Waals surface area contributed by atoms with Gasteiger partial charge in [-0.15, -0.1) is 0 Å². The zero-order chi connectivity index (χ0) is 36.9. The number of rotatable bonds is 6. The van der Waals surface area contributed by atoms with Crippen LogP contribution in [-0.4, -0.2) is 15.0 Å². The third-order valence-electron chi connectivity index (χ3n) is 8.65. The van der Waals surface area contributed by atoms with Crippen molar-refractivity contribution in [1.82, 2.24) is 15.0 Å². The van der Waals surface area contributed by atoms with Crippen LogP contribution in [0.15, 0.2) is 180 Å². The summed E-state index contributed by atoms with van der Waals surface area (Å²) in [4.78, 5) is 15.2. The molecule has 0 aliphatic carbocycles. The van der Waals surface area contributed by atoms with Crippen molar-refractivity contribution in [3.05, 3.63) is 176 Å². The lowest BCUT2D eigenvalue weighted by Gasteiger charge is -2.11. The molecule has 2 aromatic heterocycles. The largest absolute Gasteiger partial charge is 0.455 e. The van der Waals surface area contributed by atoms with Crippen LogP contribution in [0.2, 0.25) is 0 Å². The van der Waals surface area contributed by atoms with E-state index in [0.29, 0.717) is 45.2 Å². The van der Waals surface area contributed by atoms with Crippen molar-refractivity contribution >= 4 is 21.9 Å². The fraction of sp³-hybridized carbons (Fsp3) is 0. The predicted molar refractivity (Wildman–Crippen MR) is 200 cm³/mol. The fourth-order valence-corrected chi connectivity index (χ4v) is 6.28. The number of hydrogen-bond donors (Lipinski definition) is 0. The van der Waals surface area contributed by atoms with Crippen molar-refractivity contribution < 1.29 is 11.3 Å². The molecule has 4 heteroatoms. The molecule has 7 aromatic carbocycles. The zero-order valence-electron chi connectivity index (χ0n) is 31.1. The van der Waals surface area contributed by atoms with Crippen LogP contribution >= 0.6 is 0 Å². The van der Waals surface area contributed by atoms with Crippen molar-refractivity contribution in [1.29, 1.82) is 0 Å². The predicted octanol–water partition coefficient (Wildman–Crippen LogP) is 11.8. The third-order valence-corrected chi connectivity index (χ3v) is 8.65. The average molecular weight is 633 g/mol. The van der Waals surface area contributed by atoms with E-state index in [9.17, 15) is 0 Å². The lowest BCUT2D eigenvalue weighted by Crippen LogP contribution is -2.00. The average Bonchev–Trinajstić information content (AvgIpc) is 3.63. The summed E-state index contributed by atoms with van der Waals surface area (Å²) in [5, 5.41) is 1.44. The third kappa shape index (κ3) is 5.35. The maximum Gasteiger partial charge on any atom is 0.164 e.